The minimum Gasteiger partial charge on any atom is -0.384 e. The Balaban J connectivity index is 2.16. The first-order valence-electron chi connectivity index (χ1n) is 6.08. The van der Waals surface area contributed by atoms with Gasteiger partial charge < -0.3 is 5.73 Å². The maximum atomic E-state index is 12.3. The molecule has 0 radical (unpaired) electrons. The van der Waals surface area contributed by atoms with Crippen molar-refractivity contribution in [1.82, 2.24) is 14.8 Å². The highest BCUT2D eigenvalue weighted by molar-refractivity contribution is 5.80. The Morgan fingerprint density at radius 2 is 1.80 bits per heavy atom. The van der Waals surface area contributed by atoms with Gasteiger partial charge in [-0.2, -0.15) is 0 Å². The number of hydrogen-bond acceptors (Lipinski definition) is 4. The van der Waals surface area contributed by atoms with Crippen molar-refractivity contribution in [2.75, 3.05) is 5.73 Å². The molecule has 0 saturated heterocycles. The second kappa shape index (κ2) is 4.65. The van der Waals surface area contributed by atoms with Crippen molar-refractivity contribution >= 4 is 16.6 Å². The number of nitrogens with one attached hydrogen (secondary N) is 1. The molecule has 0 amide bonds. The van der Waals surface area contributed by atoms with Crippen LogP contribution in [-0.2, 0) is 6.54 Å². The summed E-state index contributed by atoms with van der Waals surface area (Å²) in [5, 5.41) is 3.33. The van der Waals surface area contributed by atoms with Crippen LogP contribution in [0, 0.1) is 0 Å². The lowest BCUT2D eigenvalue weighted by Gasteiger charge is -2.07. The Bertz CT molecular complexity index is 895. The van der Waals surface area contributed by atoms with Crippen LogP contribution in [0.25, 0.3) is 10.8 Å². The van der Waals surface area contributed by atoms with Crippen LogP contribution in [0.1, 0.15) is 5.69 Å². The molecule has 0 atom stereocenters. The predicted molar refractivity (Wildman–Crippen MR) is 76.6 cm³/mol. The second-order valence-corrected chi connectivity index (χ2v) is 4.43. The lowest BCUT2D eigenvalue weighted by Crippen LogP contribution is -2.30. The average Bonchev–Trinajstić information content (AvgIpc) is 2.45. The average molecular weight is 268 g/mol. The first-order valence-corrected chi connectivity index (χ1v) is 6.08. The Kier molecular flexibility index (Phi) is 2.83. The lowest BCUT2D eigenvalue weighted by molar-refractivity contribution is 0.626. The van der Waals surface area contributed by atoms with Gasteiger partial charge in [0.25, 0.3) is 11.1 Å². The van der Waals surface area contributed by atoms with Crippen LogP contribution in [0.3, 0.4) is 0 Å². The number of aromatic nitrogens is 3. The molecular weight excluding hydrogens is 256 g/mol. The number of nitrogens with two attached hydrogens (primary N) is 1. The highest BCUT2D eigenvalue weighted by atomic mass is 16.2. The van der Waals surface area contributed by atoms with E-state index >= 15 is 0 Å². The van der Waals surface area contributed by atoms with Crippen molar-refractivity contribution in [2.45, 2.75) is 6.54 Å². The van der Waals surface area contributed by atoms with Crippen molar-refractivity contribution in [3.8, 4) is 0 Å². The number of H-pyrrole nitrogens is 1. The first-order chi connectivity index (χ1) is 9.65. The third kappa shape index (κ3) is 2.07. The van der Waals surface area contributed by atoms with E-state index in [0.717, 1.165) is 0 Å². The summed E-state index contributed by atoms with van der Waals surface area (Å²) in [4.78, 5) is 28.4. The standard InChI is InChI=1S/C14H12N4O2/c15-12-7-3-4-9(16-12)8-18-14(20)11-6-2-1-5-10(11)13(19)17-18/h1-7H,8H2,(H2,15,16)(H,17,19). The molecule has 0 aliphatic heterocycles. The smallest absolute Gasteiger partial charge is 0.273 e. The van der Waals surface area contributed by atoms with Gasteiger partial charge in [-0.1, -0.05) is 18.2 Å². The predicted octanol–water partition coefficient (Wildman–Crippen LogP) is 0.715. The van der Waals surface area contributed by atoms with E-state index in [4.69, 9.17) is 5.73 Å². The third-order valence-corrected chi connectivity index (χ3v) is 3.03. The van der Waals surface area contributed by atoms with Crippen LogP contribution in [0.5, 0.6) is 0 Å². The zero-order chi connectivity index (χ0) is 14.1. The summed E-state index contributed by atoms with van der Waals surface area (Å²) >= 11 is 0. The monoisotopic (exact) mass is 268 g/mol. The van der Waals surface area contributed by atoms with E-state index in [1.165, 1.54) is 4.68 Å². The van der Waals surface area contributed by atoms with E-state index in [2.05, 4.69) is 10.1 Å². The van der Waals surface area contributed by atoms with E-state index in [1.54, 1.807) is 42.5 Å². The molecule has 3 N–H and O–H groups in total. The molecule has 0 saturated carbocycles. The van der Waals surface area contributed by atoms with Crippen molar-refractivity contribution in [3.63, 3.8) is 0 Å². The summed E-state index contributed by atoms with van der Waals surface area (Å²) in [7, 11) is 0. The summed E-state index contributed by atoms with van der Waals surface area (Å²) in [6, 6.07) is 11.9. The van der Waals surface area contributed by atoms with Gasteiger partial charge in [-0.25, -0.2) is 9.67 Å². The highest BCUT2D eigenvalue weighted by Gasteiger charge is 2.07. The Morgan fingerprint density at radius 3 is 2.55 bits per heavy atom. The number of nitrogen functional groups attached to an aromatic ring is 1. The zero-order valence-corrected chi connectivity index (χ0v) is 10.5. The van der Waals surface area contributed by atoms with Crippen LogP contribution in [0.4, 0.5) is 5.82 Å². The first kappa shape index (κ1) is 12.2. The Hall–Kier alpha value is -2.89. The van der Waals surface area contributed by atoms with Crippen molar-refractivity contribution in [3.05, 3.63) is 68.9 Å². The molecule has 6 heteroatoms. The quantitative estimate of drug-likeness (QED) is 0.716. The molecule has 3 rings (SSSR count). The number of nitrogens with zero attached hydrogens (tertiary/aromatic N) is 2. The van der Waals surface area contributed by atoms with E-state index in [-0.39, 0.29) is 17.7 Å². The minimum atomic E-state index is -0.302. The molecule has 0 aliphatic rings. The van der Waals surface area contributed by atoms with Crippen LogP contribution in [0.15, 0.2) is 52.1 Å². The fourth-order valence-corrected chi connectivity index (χ4v) is 2.11. The maximum absolute atomic E-state index is 12.3. The molecule has 6 nitrogen and oxygen atoms in total. The van der Waals surface area contributed by atoms with Gasteiger partial charge in [0.2, 0.25) is 0 Å². The van der Waals surface area contributed by atoms with Gasteiger partial charge in [0.1, 0.15) is 5.82 Å². The largest absolute Gasteiger partial charge is 0.384 e. The van der Waals surface area contributed by atoms with Gasteiger partial charge in [-0.15, -0.1) is 0 Å². The SMILES string of the molecule is Nc1cccc(Cn2[nH]c(=O)c3ccccc3c2=O)n1. The van der Waals surface area contributed by atoms with Gasteiger partial charge in [0.05, 0.1) is 23.0 Å². The fourth-order valence-electron chi connectivity index (χ4n) is 2.11. The molecule has 1 aromatic carbocycles. The minimum absolute atomic E-state index is 0.171. The zero-order valence-electron chi connectivity index (χ0n) is 10.5. The summed E-state index contributed by atoms with van der Waals surface area (Å²) in [6.07, 6.45) is 0. The molecule has 2 aromatic heterocycles. The van der Waals surface area contributed by atoms with Gasteiger partial charge in [-0.05, 0) is 24.3 Å². The summed E-state index contributed by atoms with van der Waals surface area (Å²) < 4.78 is 1.24. The van der Waals surface area contributed by atoms with E-state index in [1.807, 2.05) is 0 Å². The van der Waals surface area contributed by atoms with Crippen molar-refractivity contribution < 1.29 is 0 Å². The van der Waals surface area contributed by atoms with E-state index < -0.39 is 0 Å². The van der Waals surface area contributed by atoms with Gasteiger partial charge in [0.15, 0.2) is 0 Å². The number of aromatic amines is 1. The Morgan fingerprint density at radius 1 is 1.05 bits per heavy atom. The molecule has 20 heavy (non-hydrogen) atoms. The summed E-state index contributed by atoms with van der Waals surface area (Å²) in [5.41, 5.74) is 5.65. The number of hydrogen-bond donors (Lipinski definition) is 2. The normalized spacial score (nSPS) is 10.8. The molecular formula is C14H12N4O2. The van der Waals surface area contributed by atoms with Crippen LogP contribution in [-0.4, -0.2) is 14.8 Å². The Labute approximate surface area is 113 Å². The molecule has 0 aliphatic carbocycles. The molecule has 0 bridgehead atoms. The lowest BCUT2D eigenvalue weighted by atomic mass is 10.2. The molecule has 3 aromatic rings. The number of pyridine rings is 1. The molecule has 0 fully saturated rings. The van der Waals surface area contributed by atoms with Crippen LogP contribution in [0.2, 0.25) is 0 Å². The molecule has 2 heterocycles. The van der Waals surface area contributed by atoms with E-state index in [0.29, 0.717) is 22.3 Å². The van der Waals surface area contributed by atoms with E-state index in [9.17, 15) is 9.59 Å². The van der Waals surface area contributed by atoms with Gasteiger partial charge >= 0.3 is 0 Å². The number of benzene rings is 1. The van der Waals surface area contributed by atoms with Gasteiger partial charge in [-0.3, -0.25) is 14.7 Å². The third-order valence-electron chi connectivity index (χ3n) is 3.03. The second-order valence-electron chi connectivity index (χ2n) is 4.43. The number of rotatable bonds is 2. The number of fused-ring (bicyclic) bond motifs is 1. The summed E-state index contributed by atoms with van der Waals surface area (Å²) in [5.74, 6) is 0.374. The number of anilines is 1. The molecule has 0 unspecified atom stereocenters. The molecule has 0 spiro atoms. The summed E-state index contributed by atoms with van der Waals surface area (Å²) in [6.45, 7) is 0.171. The molecule has 100 valence electrons. The van der Waals surface area contributed by atoms with Crippen LogP contribution < -0.4 is 16.9 Å². The van der Waals surface area contributed by atoms with Crippen molar-refractivity contribution in [1.29, 1.82) is 0 Å². The fraction of sp³-hybridized carbons (Fsp3) is 0.0714. The van der Waals surface area contributed by atoms with Crippen LogP contribution >= 0.6 is 0 Å². The maximum Gasteiger partial charge on any atom is 0.273 e. The highest BCUT2D eigenvalue weighted by Crippen LogP contribution is 2.04. The topological polar surface area (TPSA) is 93.8 Å². The van der Waals surface area contributed by atoms with Crippen molar-refractivity contribution in [2.24, 2.45) is 0 Å². The van der Waals surface area contributed by atoms with Gasteiger partial charge in [0, 0.05) is 0 Å².